The number of aliphatic hydroxyl groups excluding tert-OH is 1. The quantitative estimate of drug-likeness (QED) is 0.940. The van der Waals surface area contributed by atoms with E-state index in [1.807, 2.05) is 37.3 Å². The molecule has 1 aliphatic rings. The Hall–Kier alpha value is -2.27. The first kappa shape index (κ1) is 15.6. The Morgan fingerprint density at radius 2 is 1.91 bits per heavy atom. The van der Waals surface area contributed by atoms with Gasteiger partial charge in [-0.05, 0) is 36.5 Å². The van der Waals surface area contributed by atoms with E-state index in [1.54, 1.807) is 17.0 Å². The van der Waals surface area contributed by atoms with Crippen LogP contribution in [0.2, 0.25) is 0 Å². The Kier molecular flexibility index (Phi) is 4.39. The van der Waals surface area contributed by atoms with Gasteiger partial charge in [0.25, 0.3) is 11.9 Å². The van der Waals surface area contributed by atoms with E-state index in [0.717, 1.165) is 12.8 Å². The van der Waals surface area contributed by atoms with Crippen molar-refractivity contribution >= 4 is 5.91 Å². The first-order chi connectivity index (χ1) is 11.1. The van der Waals surface area contributed by atoms with Gasteiger partial charge in [-0.2, -0.15) is 0 Å². The lowest BCUT2D eigenvalue weighted by molar-refractivity contribution is 0.0414. The second-order valence-electron chi connectivity index (χ2n) is 6.29. The second-order valence-corrected chi connectivity index (χ2v) is 6.29. The Labute approximate surface area is 135 Å². The molecule has 1 fully saturated rings. The maximum absolute atomic E-state index is 12.5. The predicted octanol–water partition coefficient (Wildman–Crippen LogP) is 3.31. The van der Waals surface area contributed by atoms with Crippen LogP contribution in [0, 0.1) is 5.41 Å². The van der Waals surface area contributed by atoms with Crippen LogP contribution >= 0.6 is 0 Å². The number of carbonyl (C=O) groups excluding carboxylic acids is 1. The molecule has 23 heavy (non-hydrogen) atoms. The molecule has 5 nitrogen and oxygen atoms in total. The largest absolute Gasteiger partial charge is 0.426 e. The molecule has 0 bridgehead atoms. The van der Waals surface area contributed by atoms with E-state index >= 15 is 0 Å². The molecule has 122 valence electrons. The second kappa shape index (κ2) is 6.46. The number of ether oxygens (including phenoxy) is 1. The molecule has 1 aromatic heterocycles. The van der Waals surface area contributed by atoms with Crippen molar-refractivity contribution in [2.24, 2.45) is 5.41 Å². The molecule has 3 rings (SSSR count). The number of piperidine rings is 1. The highest BCUT2D eigenvalue weighted by Gasteiger charge is 2.32. The van der Waals surface area contributed by atoms with Crippen LogP contribution in [0.3, 0.4) is 0 Å². The van der Waals surface area contributed by atoms with Crippen molar-refractivity contribution in [2.45, 2.75) is 19.8 Å². The number of para-hydroxylation sites is 1. The topological polar surface area (TPSA) is 62.9 Å². The summed E-state index contributed by atoms with van der Waals surface area (Å²) in [6.45, 7) is 3.47. The van der Waals surface area contributed by atoms with Crippen molar-refractivity contribution in [2.75, 3.05) is 19.7 Å². The number of carbonyl (C=O) groups is 1. The maximum Gasteiger partial charge on any atom is 0.290 e. The van der Waals surface area contributed by atoms with Gasteiger partial charge >= 0.3 is 0 Å². The van der Waals surface area contributed by atoms with Crippen LogP contribution in [0.15, 0.2) is 46.9 Å². The number of amides is 1. The lowest BCUT2D eigenvalue weighted by Crippen LogP contribution is -2.43. The van der Waals surface area contributed by atoms with Crippen LogP contribution in [0.25, 0.3) is 0 Å². The number of nitrogens with zero attached hydrogens (tertiary/aromatic N) is 1. The summed E-state index contributed by atoms with van der Waals surface area (Å²) >= 11 is 0. The summed E-state index contributed by atoms with van der Waals surface area (Å²) in [7, 11) is 0. The molecule has 0 saturated carbocycles. The zero-order valence-corrected chi connectivity index (χ0v) is 13.2. The molecular weight excluding hydrogens is 294 g/mol. The standard InChI is InChI=1S/C18H21NO4/c1-18(13-20)9-11-19(12-10-18)17(21)15-7-8-16(23-15)22-14-5-3-2-4-6-14/h2-8,20H,9-13H2,1H3. The minimum atomic E-state index is -0.132. The number of rotatable bonds is 4. The van der Waals surface area contributed by atoms with Crippen LogP contribution in [0.5, 0.6) is 11.7 Å². The number of hydrogen-bond acceptors (Lipinski definition) is 4. The zero-order valence-electron chi connectivity index (χ0n) is 13.2. The molecule has 5 heteroatoms. The van der Waals surface area contributed by atoms with E-state index in [1.165, 1.54) is 0 Å². The summed E-state index contributed by atoms with van der Waals surface area (Å²) in [5.41, 5.74) is -0.0818. The van der Waals surface area contributed by atoms with Gasteiger partial charge in [-0.15, -0.1) is 0 Å². The monoisotopic (exact) mass is 315 g/mol. The summed E-state index contributed by atoms with van der Waals surface area (Å²) < 4.78 is 11.1. The molecule has 2 aromatic rings. The molecule has 0 atom stereocenters. The number of hydrogen-bond donors (Lipinski definition) is 1. The van der Waals surface area contributed by atoms with Gasteiger partial charge in [0.1, 0.15) is 5.75 Å². The Morgan fingerprint density at radius 1 is 1.22 bits per heavy atom. The van der Waals surface area contributed by atoms with Gasteiger partial charge < -0.3 is 19.2 Å². The third-order valence-corrected chi connectivity index (χ3v) is 4.39. The van der Waals surface area contributed by atoms with Crippen LogP contribution in [-0.2, 0) is 0 Å². The molecule has 1 saturated heterocycles. The van der Waals surface area contributed by atoms with Crippen molar-refractivity contribution in [3.8, 4) is 11.7 Å². The highest BCUT2D eigenvalue weighted by molar-refractivity contribution is 5.91. The van der Waals surface area contributed by atoms with Crippen molar-refractivity contribution in [3.63, 3.8) is 0 Å². The minimum Gasteiger partial charge on any atom is -0.426 e. The zero-order chi connectivity index (χ0) is 16.3. The Morgan fingerprint density at radius 3 is 2.57 bits per heavy atom. The molecule has 1 aromatic carbocycles. The van der Waals surface area contributed by atoms with Crippen LogP contribution < -0.4 is 4.74 Å². The number of aliphatic hydroxyl groups is 1. The number of furan rings is 1. The smallest absolute Gasteiger partial charge is 0.290 e. The molecule has 1 aliphatic heterocycles. The van der Waals surface area contributed by atoms with Gasteiger partial charge in [-0.3, -0.25) is 4.79 Å². The first-order valence-corrected chi connectivity index (χ1v) is 7.82. The fourth-order valence-electron chi connectivity index (χ4n) is 2.66. The average Bonchev–Trinajstić information content (AvgIpc) is 3.04. The Bertz CT molecular complexity index is 657. The summed E-state index contributed by atoms with van der Waals surface area (Å²) in [4.78, 5) is 14.2. The normalized spacial score (nSPS) is 17.0. The van der Waals surface area contributed by atoms with Gasteiger partial charge in [0.2, 0.25) is 0 Å². The van der Waals surface area contributed by atoms with Gasteiger partial charge in [-0.25, -0.2) is 0 Å². The molecule has 0 radical (unpaired) electrons. The maximum atomic E-state index is 12.5. The number of likely N-dealkylation sites (tertiary alicyclic amines) is 1. The highest BCUT2D eigenvalue weighted by Crippen LogP contribution is 2.31. The van der Waals surface area contributed by atoms with Crippen molar-refractivity contribution < 1.29 is 19.1 Å². The summed E-state index contributed by atoms with van der Waals surface area (Å²) in [6.07, 6.45) is 1.59. The minimum absolute atomic E-state index is 0.0818. The van der Waals surface area contributed by atoms with E-state index in [9.17, 15) is 9.90 Å². The van der Waals surface area contributed by atoms with Gasteiger partial charge in [-0.1, -0.05) is 25.1 Å². The fourth-order valence-corrected chi connectivity index (χ4v) is 2.66. The lowest BCUT2D eigenvalue weighted by atomic mass is 9.81. The highest BCUT2D eigenvalue weighted by atomic mass is 16.6. The van der Waals surface area contributed by atoms with E-state index in [-0.39, 0.29) is 23.7 Å². The molecule has 0 aliphatic carbocycles. The molecular formula is C18H21NO4. The van der Waals surface area contributed by atoms with Crippen molar-refractivity contribution in [1.82, 2.24) is 4.90 Å². The van der Waals surface area contributed by atoms with E-state index in [0.29, 0.717) is 24.8 Å². The average molecular weight is 315 g/mol. The molecule has 1 N–H and O–H groups in total. The summed E-state index contributed by atoms with van der Waals surface area (Å²) in [5.74, 6) is 1.12. The molecule has 1 amide bonds. The van der Waals surface area contributed by atoms with Crippen molar-refractivity contribution in [3.05, 3.63) is 48.2 Å². The molecule has 0 spiro atoms. The third kappa shape index (κ3) is 3.56. The summed E-state index contributed by atoms with van der Waals surface area (Å²) in [6, 6.07) is 12.6. The van der Waals surface area contributed by atoms with Crippen LogP contribution in [-0.4, -0.2) is 35.6 Å². The van der Waals surface area contributed by atoms with Crippen LogP contribution in [0.1, 0.15) is 30.3 Å². The lowest BCUT2D eigenvalue weighted by Gasteiger charge is -2.37. The van der Waals surface area contributed by atoms with E-state index < -0.39 is 0 Å². The summed E-state index contributed by atoms with van der Waals surface area (Å²) in [5, 5.41) is 9.40. The van der Waals surface area contributed by atoms with Gasteiger partial charge in [0, 0.05) is 25.8 Å². The van der Waals surface area contributed by atoms with Gasteiger partial charge in [0.05, 0.1) is 0 Å². The van der Waals surface area contributed by atoms with E-state index in [2.05, 4.69) is 0 Å². The predicted molar refractivity (Wildman–Crippen MR) is 85.6 cm³/mol. The van der Waals surface area contributed by atoms with Crippen molar-refractivity contribution in [1.29, 1.82) is 0 Å². The fraction of sp³-hybridized carbons (Fsp3) is 0.389. The Balaban J connectivity index is 1.63. The third-order valence-electron chi connectivity index (χ3n) is 4.39. The SMILES string of the molecule is CC1(CO)CCN(C(=O)c2ccc(Oc3ccccc3)o2)CC1. The van der Waals surface area contributed by atoms with Gasteiger partial charge in [0.15, 0.2) is 5.76 Å². The number of benzene rings is 1. The molecule has 2 heterocycles. The van der Waals surface area contributed by atoms with E-state index in [4.69, 9.17) is 9.15 Å². The first-order valence-electron chi connectivity index (χ1n) is 7.82. The molecule has 0 unspecified atom stereocenters. The van der Waals surface area contributed by atoms with Crippen LogP contribution in [0.4, 0.5) is 0 Å².